The zero-order valence-corrected chi connectivity index (χ0v) is 13.9. The van der Waals surface area contributed by atoms with Crippen molar-refractivity contribution in [2.24, 2.45) is 5.84 Å². The van der Waals surface area contributed by atoms with Gasteiger partial charge in [-0.15, -0.1) is 0 Å². The third-order valence-corrected chi connectivity index (χ3v) is 4.15. The molecular formula is C14H18BrClN4. The van der Waals surface area contributed by atoms with Gasteiger partial charge in [0.2, 0.25) is 0 Å². The largest absolute Gasteiger partial charge is 0.271 e. The smallest absolute Gasteiger partial charge is 0.0904 e. The average Bonchev–Trinajstić information content (AvgIpc) is 2.75. The first kappa shape index (κ1) is 15.5. The predicted molar refractivity (Wildman–Crippen MR) is 85.6 cm³/mol. The minimum Gasteiger partial charge on any atom is -0.271 e. The van der Waals surface area contributed by atoms with Crippen LogP contribution in [0.3, 0.4) is 0 Å². The third kappa shape index (κ3) is 3.06. The molecule has 0 amide bonds. The first-order valence-corrected chi connectivity index (χ1v) is 7.69. The van der Waals surface area contributed by atoms with E-state index in [4.69, 9.17) is 17.4 Å². The zero-order chi connectivity index (χ0) is 14.7. The first-order chi connectivity index (χ1) is 9.58. The van der Waals surface area contributed by atoms with E-state index < -0.39 is 0 Å². The Labute approximate surface area is 132 Å². The molecule has 0 saturated carbocycles. The fourth-order valence-corrected chi connectivity index (χ4v) is 3.20. The molecular weight excluding hydrogens is 340 g/mol. The van der Waals surface area contributed by atoms with Crippen molar-refractivity contribution < 1.29 is 0 Å². The Morgan fingerprint density at radius 1 is 1.50 bits per heavy atom. The van der Waals surface area contributed by atoms with Gasteiger partial charge in [-0.2, -0.15) is 5.10 Å². The highest BCUT2D eigenvalue weighted by Gasteiger charge is 2.22. The van der Waals surface area contributed by atoms with Crippen LogP contribution in [0, 0.1) is 6.92 Å². The molecule has 20 heavy (non-hydrogen) atoms. The molecule has 0 aliphatic carbocycles. The number of hydrogen-bond acceptors (Lipinski definition) is 3. The van der Waals surface area contributed by atoms with Crippen LogP contribution < -0.4 is 11.3 Å². The maximum Gasteiger partial charge on any atom is 0.0904 e. The number of nitrogens with one attached hydrogen (secondary N) is 1. The van der Waals surface area contributed by atoms with Crippen LogP contribution in [0.25, 0.3) is 0 Å². The summed E-state index contributed by atoms with van der Waals surface area (Å²) in [6.07, 6.45) is 2.65. The molecule has 108 valence electrons. The summed E-state index contributed by atoms with van der Waals surface area (Å²) in [6, 6.07) is 5.96. The minimum atomic E-state index is -0.202. The van der Waals surface area contributed by atoms with Gasteiger partial charge in [0.05, 0.1) is 23.0 Å². The van der Waals surface area contributed by atoms with Crippen LogP contribution in [-0.2, 0) is 6.54 Å². The Hall–Kier alpha value is -0.880. The average molecular weight is 358 g/mol. The maximum atomic E-state index is 6.29. The van der Waals surface area contributed by atoms with Gasteiger partial charge in [0.15, 0.2) is 0 Å². The summed E-state index contributed by atoms with van der Waals surface area (Å²) in [5.74, 6) is 5.77. The van der Waals surface area contributed by atoms with Crippen molar-refractivity contribution in [1.82, 2.24) is 15.2 Å². The van der Waals surface area contributed by atoms with Crippen molar-refractivity contribution in [3.05, 3.63) is 50.7 Å². The highest BCUT2D eigenvalue weighted by atomic mass is 79.9. The number of rotatable bonds is 5. The topological polar surface area (TPSA) is 55.9 Å². The number of aromatic nitrogens is 2. The maximum absolute atomic E-state index is 6.29. The minimum absolute atomic E-state index is 0.202. The Kier molecular flexibility index (Phi) is 5.21. The molecule has 2 aromatic rings. The van der Waals surface area contributed by atoms with Gasteiger partial charge in [-0.3, -0.25) is 10.5 Å². The molecule has 2 rings (SSSR count). The molecule has 1 heterocycles. The Morgan fingerprint density at radius 3 is 2.85 bits per heavy atom. The number of halogens is 2. The van der Waals surface area contributed by atoms with E-state index in [0.717, 1.165) is 28.7 Å². The van der Waals surface area contributed by atoms with Crippen LogP contribution in [0.1, 0.15) is 36.2 Å². The molecule has 6 heteroatoms. The van der Waals surface area contributed by atoms with Gasteiger partial charge in [-0.25, -0.2) is 5.43 Å². The fourth-order valence-electron chi connectivity index (χ4n) is 2.23. The molecule has 0 spiro atoms. The van der Waals surface area contributed by atoms with E-state index in [-0.39, 0.29) is 6.04 Å². The summed E-state index contributed by atoms with van der Waals surface area (Å²) >= 11 is 9.89. The van der Waals surface area contributed by atoms with Gasteiger partial charge in [-0.05, 0) is 30.5 Å². The van der Waals surface area contributed by atoms with E-state index in [1.54, 1.807) is 6.20 Å². The van der Waals surface area contributed by atoms with E-state index in [1.165, 1.54) is 5.56 Å². The molecule has 0 bridgehead atoms. The molecule has 0 radical (unpaired) electrons. The van der Waals surface area contributed by atoms with E-state index in [1.807, 2.05) is 17.7 Å². The molecule has 0 aliphatic heterocycles. The molecule has 0 aliphatic rings. The highest BCUT2D eigenvalue weighted by molar-refractivity contribution is 9.10. The number of hydrazine groups is 1. The third-order valence-electron chi connectivity index (χ3n) is 3.18. The van der Waals surface area contributed by atoms with Crippen LogP contribution in [0.2, 0.25) is 5.02 Å². The normalized spacial score (nSPS) is 12.7. The quantitative estimate of drug-likeness (QED) is 0.635. The highest BCUT2D eigenvalue weighted by Crippen LogP contribution is 2.32. The molecule has 1 unspecified atom stereocenters. The summed E-state index contributed by atoms with van der Waals surface area (Å²) in [5, 5.41) is 4.94. The van der Waals surface area contributed by atoms with E-state index in [0.29, 0.717) is 5.02 Å². The van der Waals surface area contributed by atoms with Crippen LogP contribution in [-0.4, -0.2) is 9.78 Å². The molecule has 1 aromatic heterocycles. The molecule has 1 atom stereocenters. The van der Waals surface area contributed by atoms with Crippen molar-refractivity contribution >= 4 is 27.5 Å². The number of benzene rings is 1. The first-order valence-electron chi connectivity index (χ1n) is 6.51. The number of nitrogens with zero attached hydrogens (tertiary/aromatic N) is 2. The van der Waals surface area contributed by atoms with Crippen molar-refractivity contribution in [2.75, 3.05) is 0 Å². The van der Waals surface area contributed by atoms with Crippen molar-refractivity contribution in [3.8, 4) is 0 Å². The molecule has 0 saturated heterocycles. The van der Waals surface area contributed by atoms with Gasteiger partial charge in [0.1, 0.15) is 0 Å². The lowest BCUT2D eigenvalue weighted by molar-refractivity contribution is 0.520. The number of aryl methyl sites for hydroxylation is 2. The second kappa shape index (κ2) is 6.72. The van der Waals surface area contributed by atoms with E-state index >= 15 is 0 Å². The van der Waals surface area contributed by atoms with Crippen molar-refractivity contribution in [2.45, 2.75) is 32.9 Å². The molecule has 4 nitrogen and oxygen atoms in total. The van der Waals surface area contributed by atoms with E-state index in [2.05, 4.69) is 45.5 Å². The Bertz CT molecular complexity index is 597. The lowest BCUT2D eigenvalue weighted by Gasteiger charge is -2.20. The number of hydrogen-bond donors (Lipinski definition) is 2. The summed E-state index contributed by atoms with van der Waals surface area (Å²) < 4.78 is 2.90. The van der Waals surface area contributed by atoms with Crippen LogP contribution in [0.5, 0.6) is 0 Å². The molecule has 3 N–H and O–H groups in total. The van der Waals surface area contributed by atoms with Gasteiger partial charge >= 0.3 is 0 Å². The molecule has 0 fully saturated rings. The monoisotopic (exact) mass is 356 g/mol. The summed E-state index contributed by atoms with van der Waals surface area (Å²) in [4.78, 5) is 0. The van der Waals surface area contributed by atoms with Gasteiger partial charge in [-0.1, -0.05) is 46.6 Å². The van der Waals surface area contributed by atoms with Gasteiger partial charge in [0, 0.05) is 11.0 Å². The SMILES string of the molecule is CCCn1ncc(Cl)c1C(NN)c1ccc(C)cc1Br. The Morgan fingerprint density at radius 2 is 2.25 bits per heavy atom. The second-order valence-electron chi connectivity index (χ2n) is 4.73. The zero-order valence-electron chi connectivity index (χ0n) is 11.5. The predicted octanol–water partition coefficient (Wildman–Crippen LogP) is 3.57. The lowest BCUT2D eigenvalue weighted by Crippen LogP contribution is -2.31. The van der Waals surface area contributed by atoms with Gasteiger partial charge < -0.3 is 0 Å². The van der Waals surface area contributed by atoms with Crippen molar-refractivity contribution in [1.29, 1.82) is 0 Å². The van der Waals surface area contributed by atoms with Crippen LogP contribution in [0.15, 0.2) is 28.9 Å². The lowest BCUT2D eigenvalue weighted by atomic mass is 10.0. The fraction of sp³-hybridized carbons (Fsp3) is 0.357. The summed E-state index contributed by atoms with van der Waals surface area (Å²) in [7, 11) is 0. The second-order valence-corrected chi connectivity index (χ2v) is 5.99. The summed E-state index contributed by atoms with van der Waals surface area (Å²) in [5.41, 5.74) is 5.96. The Balaban J connectivity index is 2.49. The van der Waals surface area contributed by atoms with E-state index in [9.17, 15) is 0 Å². The van der Waals surface area contributed by atoms with Crippen LogP contribution in [0.4, 0.5) is 0 Å². The number of nitrogens with two attached hydrogens (primary N) is 1. The van der Waals surface area contributed by atoms with Crippen molar-refractivity contribution in [3.63, 3.8) is 0 Å². The standard InChI is InChI=1S/C14H18BrClN4/c1-3-6-20-14(12(16)8-18-20)13(19-17)10-5-4-9(2)7-11(10)15/h4-5,7-8,13,19H,3,6,17H2,1-2H3. The summed E-state index contributed by atoms with van der Waals surface area (Å²) in [6.45, 7) is 4.96. The molecule has 1 aromatic carbocycles. The van der Waals surface area contributed by atoms with Gasteiger partial charge in [0.25, 0.3) is 0 Å². The van der Waals surface area contributed by atoms with Crippen LogP contribution >= 0.6 is 27.5 Å².